The zero-order valence-corrected chi connectivity index (χ0v) is 15.8. The van der Waals surface area contributed by atoms with Crippen LogP contribution in [0.15, 0.2) is 42.6 Å². The van der Waals surface area contributed by atoms with Gasteiger partial charge in [0.1, 0.15) is 5.69 Å². The maximum Gasteiger partial charge on any atom is 0.270 e. The Morgan fingerprint density at radius 1 is 1.15 bits per heavy atom. The molecule has 0 spiro atoms. The lowest BCUT2D eigenvalue weighted by atomic mass is 10.1. The van der Waals surface area contributed by atoms with Crippen LogP contribution in [-0.4, -0.2) is 42.8 Å². The summed E-state index contributed by atoms with van der Waals surface area (Å²) in [5, 5.41) is 5.45. The Kier molecular flexibility index (Phi) is 5.55. The molecular weight excluding hydrogens is 366 g/mol. The maximum atomic E-state index is 12.4. The summed E-state index contributed by atoms with van der Waals surface area (Å²) in [5.74, 6) is -0.824. The molecule has 8 heteroatoms. The van der Waals surface area contributed by atoms with Gasteiger partial charge in [0.25, 0.3) is 11.8 Å². The summed E-state index contributed by atoms with van der Waals surface area (Å²) < 4.78 is 23.0. The second kappa shape index (κ2) is 7.87. The normalized spacial score (nSPS) is 18.0. The minimum absolute atomic E-state index is 0.0628. The minimum Gasteiger partial charge on any atom is -0.347 e. The van der Waals surface area contributed by atoms with Gasteiger partial charge in [-0.15, -0.1) is 0 Å². The van der Waals surface area contributed by atoms with Gasteiger partial charge in [0.15, 0.2) is 9.84 Å². The molecule has 0 aliphatic carbocycles. The number of rotatable bonds is 5. The van der Waals surface area contributed by atoms with Crippen LogP contribution in [-0.2, 0) is 16.3 Å². The highest BCUT2D eigenvalue weighted by atomic mass is 32.2. The number of nitrogens with one attached hydrogen (secondary N) is 2. The van der Waals surface area contributed by atoms with Crippen LogP contribution >= 0.6 is 0 Å². The first-order valence-electron chi connectivity index (χ1n) is 8.74. The van der Waals surface area contributed by atoms with Crippen LogP contribution in [0.1, 0.15) is 39.8 Å². The largest absolute Gasteiger partial charge is 0.347 e. The fraction of sp³-hybridized carbons (Fsp3) is 0.316. The number of sulfone groups is 1. The van der Waals surface area contributed by atoms with Crippen molar-refractivity contribution in [1.29, 1.82) is 0 Å². The van der Waals surface area contributed by atoms with Crippen LogP contribution in [0.4, 0.5) is 5.69 Å². The van der Waals surface area contributed by atoms with Crippen LogP contribution in [0.25, 0.3) is 0 Å². The van der Waals surface area contributed by atoms with E-state index in [4.69, 9.17) is 0 Å². The molecule has 142 valence electrons. The van der Waals surface area contributed by atoms with E-state index in [-0.39, 0.29) is 23.1 Å². The van der Waals surface area contributed by atoms with Gasteiger partial charge in [0, 0.05) is 23.5 Å². The minimum atomic E-state index is -3.08. The van der Waals surface area contributed by atoms with Gasteiger partial charge < -0.3 is 10.6 Å². The average molecular weight is 387 g/mol. The Labute approximate surface area is 158 Å². The quantitative estimate of drug-likeness (QED) is 0.814. The molecule has 0 saturated carbocycles. The van der Waals surface area contributed by atoms with E-state index in [9.17, 15) is 18.0 Å². The third-order valence-corrected chi connectivity index (χ3v) is 6.21. The van der Waals surface area contributed by atoms with Crippen molar-refractivity contribution in [1.82, 2.24) is 10.3 Å². The van der Waals surface area contributed by atoms with E-state index in [2.05, 4.69) is 22.5 Å². The smallest absolute Gasteiger partial charge is 0.270 e. The molecule has 2 heterocycles. The highest BCUT2D eigenvalue weighted by molar-refractivity contribution is 7.91. The molecule has 2 amide bonds. The molecule has 1 aliphatic rings. The highest BCUT2D eigenvalue weighted by Crippen LogP contribution is 2.14. The molecule has 3 rings (SSSR count). The fourth-order valence-electron chi connectivity index (χ4n) is 2.89. The summed E-state index contributed by atoms with van der Waals surface area (Å²) in [6.07, 6.45) is 2.69. The monoisotopic (exact) mass is 387 g/mol. The van der Waals surface area contributed by atoms with Gasteiger partial charge in [-0.2, -0.15) is 0 Å². The third kappa shape index (κ3) is 4.91. The number of hydrogen-bond acceptors (Lipinski definition) is 5. The van der Waals surface area contributed by atoms with Crippen molar-refractivity contribution in [2.45, 2.75) is 25.8 Å². The Morgan fingerprint density at radius 2 is 1.89 bits per heavy atom. The molecule has 27 heavy (non-hydrogen) atoms. The number of benzene rings is 1. The van der Waals surface area contributed by atoms with Crippen molar-refractivity contribution >= 4 is 27.3 Å². The van der Waals surface area contributed by atoms with Gasteiger partial charge >= 0.3 is 0 Å². The molecule has 1 saturated heterocycles. The van der Waals surface area contributed by atoms with Crippen molar-refractivity contribution in [3.05, 3.63) is 59.4 Å². The SMILES string of the molecule is CCc1ccc(NC(=O)c2ccnc(C(=O)NC3CCS(=O)(=O)C3)c2)cc1. The van der Waals surface area contributed by atoms with Crippen molar-refractivity contribution in [2.75, 3.05) is 16.8 Å². The van der Waals surface area contributed by atoms with Crippen LogP contribution in [0.3, 0.4) is 0 Å². The first kappa shape index (κ1) is 19.0. The Bertz CT molecular complexity index is 955. The predicted octanol–water partition coefficient (Wildman–Crippen LogP) is 1.81. The Hall–Kier alpha value is -2.74. The Balaban J connectivity index is 1.67. The van der Waals surface area contributed by atoms with E-state index in [0.29, 0.717) is 17.7 Å². The first-order chi connectivity index (χ1) is 12.9. The van der Waals surface area contributed by atoms with Gasteiger partial charge in [-0.25, -0.2) is 8.42 Å². The summed E-state index contributed by atoms with van der Waals surface area (Å²) >= 11 is 0. The average Bonchev–Trinajstić information content (AvgIpc) is 3.00. The van der Waals surface area contributed by atoms with Crippen molar-refractivity contribution in [3.63, 3.8) is 0 Å². The molecule has 2 N–H and O–H groups in total. The number of aryl methyl sites for hydroxylation is 1. The number of carbonyl (C=O) groups excluding carboxylic acids is 2. The van der Waals surface area contributed by atoms with Crippen LogP contribution in [0.5, 0.6) is 0 Å². The molecule has 1 fully saturated rings. The molecule has 0 bridgehead atoms. The van der Waals surface area contributed by atoms with Crippen LogP contribution in [0, 0.1) is 0 Å². The van der Waals surface area contributed by atoms with Gasteiger partial charge in [-0.05, 0) is 42.7 Å². The molecule has 1 unspecified atom stereocenters. The van der Waals surface area contributed by atoms with Crippen LogP contribution in [0.2, 0.25) is 0 Å². The van der Waals surface area contributed by atoms with E-state index in [0.717, 1.165) is 6.42 Å². The first-order valence-corrected chi connectivity index (χ1v) is 10.6. The zero-order valence-electron chi connectivity index (χ0n) is 14.9. The molecule has 0 radical (unpaired) electrons. The standard InChI is InChI=1S/C19H21N3O4S/c1-2-13-3-5-15(6-4-13)21-18(23)14-7-9-20-17(11-14)19(24)22-16-8-10-27(25,26)12-16/h3-7,9,11,16H,2,8,10,12H2,1H3,(H,21,23)(H,22,24). The number of pyridine rings is 1. The van der Waals surface area contributed by atoms with E-state index in [1.807, 2.05) is 24.3 Å². The lowest BCUT2D eigenvalue weighted by Crippen LogP contribution is -2.36. The van der Waals surface area contributed by atoms with Gasteiger partial charge in [0.05, 0.1) is 11.5 Å². The van der Waals surface area contributed by atoms with E-state index in [1.54, 1.807) is 0 Å². The number of nitrogens with zero attached hydrogens (tertiary/aromatic N) is 1. The van der Waals surface area contributed by atoms with E-state index in [1.165, 1.54) is 23.9 Å². The number of amides is 2. The molecule has 1 atom stereocenters. The molecule has 1 aromatic heterocycles. The summed E-state index contributed by atoms with van der Waals surface area (Å²) in [5.41, 5.74) is 2.21. The summed E-state index contributed by atoms with van der Waals surface area (Å²) in [7, 11) is -3.08. The molecular formula is C19H21N3O4S. The maximum absolute atomic E-state index is 12.4. The predicted molar refractivity (Wildman–Crippen MR) is 103 cm³/mol. The third-order valence-electron chi connectivity index (χ3n) is 4.44. The number of carbonyl (C=O) groups is 2. The number of anilines is 1. The van der Waals surface area contributed by atoms with E-state index < -0.39 is 21.8 Å². The van der Waals surface area contributed by atoms with Crippen molar-refractivity contribution in [2.24, 2.45) is 0 Å². The van der Waals surface area contributed by atoms with Gasteiger partial charge in [-0.1, -0.05) is 19.1 Å². The van der Waals surface area contributed by atoms with Crippen molar-refractivity contribution in [3.8, 4) is 0 Å². The summed E-state index contributed by atoms with van der Waals surface area (Å²) in [4.78, 5) is 28.7. The van der Waals surface area contributed by atoms with E-state index >= 15 is 0 Å². The fourth-order valence-corrected chi connectivity index (χ4v) is 4.56. The molecule has 7 nitrogen and oxygen atoms in total. The van der Waals surface area contributed by atoms with Crippen molar-refractivity contribution < 1.29 is 18.0 Å². The van der Waals surface area contributed by atoms with Crippen LogP contribution < -0.4 is 10.6 Å². The molecule has 2 aromatic rings. The highest BCUT2D eigenvalue weighted by Gasteiger charge is 2.29. The summed E-state index contributed by atoms with van der Waals surface area (Å²) in [6, 6.07) is 10.0. The van der Waals surface area contributed by atoms with Gasteiger partial charge in [0.2, 0.25) is 0 Å². The lowest BCUT2D eigenvalue weighted by Gasteiger charge is -2.11. The summed E-state index contributed by atoms with van der Waals surface area (Å²) in [6.45, 7) is 2.05. The number of hydrogen-bond donors (Lipinski definition) is 2. The van der Waals surface area contributed by atoms with Gasteiger partial charge in [-0.3, -0.25) is 14.6 Å². The Morgan fingerprint density at radius 3 is 2.52 bits per heavy atom. The second-order valence-corrected chi connectivity index (χ2v) is 8.74. The zero-order chi connectivity index (χ0) is 19.4. The number of aromatic nitrogens is 1. The second-order valence-electron chi connectivity index (χ2n) is 6.51. The molecule has 1 aliphatic heterocycles. The molecule has 1 aromatic carbocycles. The lowest BCUT2D eigenvalue weighted by molar-refractivity contribution is 0.0936. The topological polar surface area (TPSA) is 105 Å².